The molecule has 0 aromatic carbocycles. The van der Waals surface area contributed by atoms with E-state index in [1.54, 1.807) is 34.6 Å². The van der Waals surface area contributed by atoms with Gasteiger partial charge >= 0.3 is 33.5 Å². The molecule has 18 atom stereocenters. The van der Waals surface area contributed by atoms with Gasteiger partial charge < -0.3 is 59.0 Å². The van der Waals surface area contributed by atoms with Gasteiger partial charge in [-0.2, -0.15) is 0 Å². The van der Waals surface area contributed by atoms with Gasteiger partial charge in [0.25, 0.3) is 0 Å². The van der Waals surface area contributed by atoms with Crippen molar-refractivity contribution in [3.8, 4) is 0 Å². The summed E-state index contributed by atoms with van der Waals surface area (Å²) in [6, 6.07) is -1.62. The largest absolute Gasteiger partial charge is 0.461 e. The molecule has 0 spiro atoms. The SMILES string of the molecule is CC(=N)CCCOP(=O)(NCCSSCC(N)C(=O)OC1CCC2(C)C(=CCC3C2CCC2(C)C(CCCCC(C)C)CCC32)C1)OCCN=C(N)N.CC(=N)CCCOP(=O)(NCCSSCC(NC(=O)OC(C)(C)C)C(=O)OC1CCC2(C)C(=CCC3C2CCC2(C)C(CCCCC(C)C)CCC32)C1)OCCN=C(N)N. The molecule has 648 valence electrons. The molecule has 8 aliphatic carbocycles. The van der Waals surface area contributed by atoms with E-state index in [2.05, 4.69) is 93.0 Å². The zero-order valence-corrected chi connectivity index (χ0v) is 76.3. The lowest BCUT2D eigenvalue weighted by Gasteiger charge is -2.58. The number of carbonyl (C=O) groups is 3. The summed E-state index contributed by atoms with van der Waals surface area (Å²) in [5.74, 6) is 8.83. The Hall–Kier alpha value is -2.85. The molecule has 6 fully saturated rings. The summed E-state index contributed by atoms with van der Waals surface area (Å²) in [6.45, 7) is 29.8. The maximum Gasteiger partial charge on any atom is 0.408 e. The zero-order valence-electron chi connectivity index (χ0n) is 71.2. The summed E-state index contributed by atoms with van der Waals surface area (Å²) in [5.41, 5.74) is 32.4. The van der Waals surface area contributed by atoms with E-state index in [0.29, 0.717) is 77.7 Å². The highest BCUT2D eigenvalue weighted by Crippen LogP contribution is 2.69. The lowest BCUT2D eigenvalue weighted by Crippen LogP contribution is -2.51. The molecule has 8 aliphatic rings. The maximum atomic E-state index is 13.8. The molecule has 0 radical (unpaired) electrons. The van der Waals surface area contributed by atoms with Crippen LogP contribution >= 0.6 is 58.7 Å². The quantitative estimate of drug-likeness (QED) is 0.00395. The average Bonchev–Trinajstić information content (AvgIpc) is 1.68. The number of allylic oxidation sites excluding steroid dienone is 2. The standard InChI is InChI=1S/C44H79N6O7PS2.C39H71N6O5PS2/c1-30(2)12-9-10-14-32-16-18-36-35-17-15-33-28-34(19-21-44(33,8)37(35)20-22-43(32,36)7)56-39(51)38(50-41(52)57-42(4,5)6)29-60-59-27-24-49-58(53,54-25-11-13-31(3)45)55-26-23-48-40(46)47;1-27(2)9-6-7-11-29-13-15-33-32-14-12-30-25-31(16-18-39(30,5)34(32)17-19-38(29,33)4)50-36(46)35(41)26-53-52-24-21-45-51(47,48-22-8-10-28(3)40)49-23-20-44-37(42)43/h15,30,32,34-38,45H,9-14,16-29H2,1-8H3,(H,49,53)(H,50,52)(H4,46,47,48);12,27,29,31-35,40H,6-11,13-26,41H2,1-5H3,(H,45,47)(H4,42,43,44). The summed E-state index contributed by atoms with van der Waals surface area (Å²) in [5, 5.41) is 23.7. The van der Waals surface area contributed by atoms with Crippen LogP contribution < -0.4 is 44.2 Å². The Balaban J connectivity index is 0.000000316. The average molecular weight is 1700 g/mol. The minimum Gasteiger partial charge on any atom is -0.461 e. The molecule has 30 heteroatoms. The number of hydrogen-bond donors (Lipinski definition) is 10. The number of nitrogens with two attached hydrogens (primary N) is 5. The number of amides is 1. The highest BCUT2D eigenvalue weighted by Gasteiger charge is 2.60. The van der Waals surface area contributed by atoms with Crippen molar-refractivity contribution in [3.05, 3.63) is 23.3 Å². The summed E-state index contributed by atoms with van der Waals surface area (Å²) in [6.07, 6.45) is 36.0. The van der Waals surface area contributed by atoms with E-state index >= 15 is 0 Å². The second-order valence-corrected chi connectivity index (χ2v) is 45.6. The fourth-order valence-electron chi connectivity index (χ4n) is 20.5. The van der Waals surface area contributed by atoms with Crippen LogP contribution in [0.1, 0.15) is 270 Å². The van der Waals surface area contributed by atoms with Crippen LogP contribution in [-0.2, 0) is 51.0 Å². The first-order valence-electron chi connectivity index (χ1n) is 42.9. The first-order chi connectivity index (χ1) is 53.4. The van der Waals surface area contributed by atoms with Crippen LogP contribution in [0.2, 0.25) is 0 Å². The van der Waals surface area contributed by atoms with E-state index in [1.807, 2.05) is 0 Å². The van der Waals surface area contributed by atoms with Gasteiger partial charge in [0.2, 0.25) is 0 Å². The number of unbranched alkanes of at least 4 members (excludes halogenated alkanes) is 2. The normalized spacial score (nSPS) is 29.9. The molecule has 8 rings (SSSR count). The number of rotatable bonds is 47. The Bertz CT molecular complexity index is 3270. The van der Waals surface area contributed by atoms with Gasteiger partial charge in [-0.15, -0.1) is 0 Å². The smallest absolute Gasteiger partial charge is 0.408 e. The molecule has 0 saturated heterocycles. The number of alkyl carbamates (subject to hydrolysis) is 1. The van der Waals surface area contributed by atoms with Crippen LogP contribution in [0.15, 0.2) is 33.3 Å². The Morgan fingerprint density at radius 1 is 0.566 bits per heavy atom. The van der Waals surface area contributed by atoms with E-state index in [1.165, 1.54) is 163 Å². The van der Waals surface area contributed by atoms with Crippen LogP contribution in [0, 0.1) is 91.7 Å². The van der Waals surface area contributed by atoms with Crippen LogP contribution in [0.3, 0.4) is 0 Å². The maximum absolute atomic E-state index is 13.8. The summed E-state index contributed by atoms with van der Waals surface area (Å²) < 4.78 is 66.6. The molecule has 0 bridgehead atoms. The van der Waals surface area contributed by atoms with E-state index in [-0.39, 0.29) is 92.7 Å². The van der Waals surface area contributed by atoms with Gasteiger partial charge in [-0.3, -0.25) is 32.9 Å². The molecule has 113 heavy (non-hydrogen) atoms. The van der Waals surface area contributed by atoms with Crippen LogP contribution in [0.4, 0.5) is 4.79 Å². The van der Waals surface area contributed by atoms with Crippen molar-refractivity contribution in [3.63, 3.8) is 0 Å². The summed E-state index contributed by atoms with van der Waals surface area (Å²) >= 11 is 0. The number of aliphatic imine (C=N–C) groups is 2. The van der Waals surface area contributed by atoms with Gasteiger partial charge in [-0.05, 0) is 244 Å². The van der Waals surface area contributed by atoms with Gasteiger partial charge in [0.15, 0.2) is 11.9 Å². The van der Waals surface area contributed by atoms with Crippen LogP contribution in [0.5, 0.6) is 0 Å². The molecule has 6 saturated carbocycles. The van der Waals surface area contributed by atoms with Crippen LogP contribution in [-0.4, -0.2) is 147 Å². The van der Waals surface area contributed by atoms with Crippen molar-refractivity contribution in [1.29, 1.82) is 10.8 Å². The molecule has 0 aromatic rings. The fraction of sp³-hybridized carbons (Fsp3) is 0.867. The van der Waals surface area contributed by atoms with Crippen molar-refractivity contribution in [2.75, 3.05) is 75.6 Å². The molecule has 15 N–H and O–H groups in total. The topological polar surface area (TPSA) is 389 Å². The van der Waals surface area contributed by atoms with Crippen molar-refractivity contribution in [2.45, 2.75) is 300 Å². The second kappa shape index (κ2) is 46.2. The van der Waals surface area contributed by atoms with Crippen molar-refractivity contribution in [2.24, 2.45) is 119 Å². The van der Waals surface area contributed by atoms with Gasteiger partial charge in [0, 0.05) is 60.4 Å². The molecule has 18 unspecified atom stereocenters. The van der Waals surface area contributed by atoms with Crippen LogP contribution in [0.25, 0.3) is 0 Å². The number of nitrogens with zero attached hydrogens (tertiary/aromatic N) is 2. The second-order valence-electron chi connectivity index (χ2n) is 36.7. The third-order valence-corrected chi connectivity index (χ3v) is 34.5. The number of esters is 2. The van der Waals surface area contributed by atoms with Gasteiger partial charge in [-0.25, -0.2) is 28.9 Å². The monoisotopic (exact) mass is 1700 g/mol. The highest BCUT2D eigenvalue weighted by molar-refractivity contribution is 8.77. The number of guanidine groups is 2. The lowest BCUT2D eigenvalue weighted by atomic mass is 9.47. The fourth-order valence-corrected chi connectivity index (χ4v) is 27.5. The number of carbonyl (C=O) groups excluding carboxylic acids is 3. The number of hydrogen-bond acceptors (Lipinski definition) is 21. The molecule has 0 heterocycles. The number of nitrogens with one attached hydrogen (secondary N) is 5. The predicted octanol–water partition coefficient (Wildman–Crippen LogP) is 18.0. The van der Waals surface area contributed by atoms with Gasteiger partial charge in [0.05, 0.1) is 39.5 Å². The Labute approximate surface area is 695 Å². The van der Waals surface area contributed by atoms with E-state index in [4.69, 9.17) is 71.8 Å². The predicted molar refractivity (Wildman–Crippen MR) is 469 cm³/mol. The highest BCUT2D eigenvalue weighted by atomic mass is 33.1. The Kier molecular flexibility index (Phi) is 39.8. The van der Waals surface area contributed by atoms with Gasteiger partial charge in [-0.1, -0.05) is 160 Å². The number of ether oxygens (including phenoxy) is 3. The summed E-state index contributed by atoms with van der Waals surface area (Å²) in [4.78, 5) is 47.5. The molecule has 0 aliphatic heterocycles. The first-order valence-corrected chi connectivity index (χ1v) is 51.0. The minimum atomic E-state index is -3.67. The molecule has 24 nitrogen and oxygen atoms in total. The minimum absolute atomic E-state index is 0.00832. The van der Waals surface area contributed by atoms with E-state index in [9.17, 15) is 23.5 Å². The van der Waals surface area contributed by atoms with Gasteiger partial charge in [0.1, 0.15) is 29.9 Å². The Morgan fingerprint density at radius 3 is 1.41 bits per heavy atom. The molecule has 0 aromatic heterocycles. The molecule has 1 amide bonds. The summed E-state index contributed by atoms with van der Waals surface area (Å²) in [7, 11) is -1.36. The lowest BCUT2D eigenvalue weighted by molar-refractivity contribution is -0.153. The Morgan fingerprint density at radius 2 is 0.991 bits per heavy atom. The van der Waals surface area contributed by atoms with Crippen molar-refractivity contribution >= 4 is 100 Å². The van der Waals surface area contributed by atoms with Crippen molar-refractivity contribution < 1.29 is 55.8 Å². The third-order valence-electron chi connectivity index (χ3n) is 26.4. The zero-order chi connectivity index (χ0) is 82.8. The first kappa shape index (κ1) is 97.3. The molecular formula is C83H150N12O12P2S4. The third kappa shape index (κ3) is 30.1. The number of fused-ring (bicyclic) bond motifs is 10. The van der Waals surface area contributed by atoms with E-state index < -0.39 is 45.2 Å². The van der Waals surface area contributed by atoms with Crippen molar-refractivity contribution in [1.82, 2.24) is 15.5 Å². The molecular weight excluding hydrogens is 1550 g/mol. The van der Waals surface area contributed by atoms with E-state index in [0.717, 1.165) is 98.2 Å².